The van der Waals surface area contributed by atoms with Crippen molar-refractivity contribution in [2.75, 3.05) is 6.61 Å². The maximum absolute atomic E-state index is 6.18. The molecule has 1 aromatic heterocycles. The van der Waals surface area contributed by atoms with Crippen LogP contribution < -0.4 is 11.3 Å². The molecule has 1 spiro atoms. The number of pyridine rings is 1. The summed E-state index contributed by atoms with van der Waals surface area (Å²) in [5, 5.41) is 0.658. The average Bonchev–Trinajstić information content (AvgIpc) is 2.51. The first-order valence-electron chi connectivity index (χ1n) is 7.94. The van der Waals surface area contributed by atoms with Crippen LogP contribution in [0.4, 0.5) is 0 Å². The standard InChI is InChI=1S/C16H24ClN3O/c17-13-4-5-14(19-11-13)15(20-18)12-6-9-21-16(10-12)7-2-1-3-8-16/h4-5,11-12,15,20H,1-3,6-10,18H2. The predicted molar refractivity (Wildman–Crippen MR) is 83.8 cm³/mol. The lowest BCUT2D eigenvalue weighted by molar-refractivity contribution is -0.122. The Bertz CT molecular complexity index is 454. The summed E-state index contributed by atoms with van der Waals surface area (Å²) in [7, 11) is 0. The van der Waals surface area contributed by atoms with Crippen molar-refractivity contribution in [2.24, 2.45) is 11.8 Å². The molecule has 0 aromatic carbocycles. The van der Waals surface area contributed by atoms with Crippen LogP contribution in [0.25, 0.3) is 0 Å². The molecule has 0 amide bonds. The second-order valence-electron chi connectivity index (χ2n) is 6.39. The average molecular weight is 310 g/mol. The molecule has 0 bridgehead atoms. The lowest BCUT2D eigenvalue weighted by Gasteiger charge is -2.45. The van der Waals surface area contributed by atoms with Crippen molar-refractivity contribution in [3.8, 4) is 0 Å². The minimum atomic E-state index is 0.0740. The van der Waals surface area contributed by atoms with Gasteiger partial charge in [0.1, 0.15) is 0 Å². The fourth-order valence-electron chi connectivity index (χ4n) is 3.93. The summed E-state index contributed by atoms with van der Waals surface area (Å²) in [5.74, 6) is 6.30. The smallest absolute Gasteiger partial charge is 0.0686 e. The minimum absolute atomic E-state index is 0.0740. The largest absolute Gasteiger partial charge is 0.375 e. The molecule has 116 valence electrons. The number of hydrogen-bond acceptors (Lipinski definition) is 4. The van der Waals surface area contributed by atoms with Gasteiger partial charge in [0.05, 0.1) is 22.4 Å². The zero-order chi connectivity index (χ0) is 14.7. The lowest BCUT2D eigenvalue weighted by Crippen LogP contribution is -2.46. The molecule has 5 heteroatoms. The highest BCUT2D eigenvalue weighted by molar-refractivity contribution is 6.30. The number of aromatic nitrogens is 1. The van der Waals surface area contributed by atoms with Crippen LogP contribution in [0.5, 0.6) is 0 Å². The molecule has 2 atom stereocenters. The molecule has 1 aromatic rings. The Morgan fingerprint density at radius 2 is 2.14 bits per heavy atom. The normalized spacial score (nSPS) is 26.7. The number of nitrogens with one attached hydrogen (secondary N) is 1. The minimum Gasteiger partial charge on any atom is -0.375 e. The van der Waals surface area contributed by atoms with Gasteiger partial charge in [0.25, 0.3) is 0 Å². The van der Waals surface area contributed by atoms with E-state index in [1.54, 1.807) is 6.20 Å². The van der Waals surface area contributed by atoms with E-state index in [1.165, 1.54) is 32.1 Å². The third-order valence-electron chi connectivity index (χ3n) is 5.02. The van der Waals surface area contributed by atoms with Gasteiger partial charge in [0, 0.05) is 12.8 Å². The number of rotatable bonds is 3. The molecule has 3 N–H and O–H groups in total. The molecule has 2 heterocycles. The number of nitrogens with zero attached hydrogens (tertiary/aromatic N) is 1. The molecular weight excluding hydrogens is 286 g/mol. The summed E-state index contributed by atoms with van der Waals surface area (Å²) in [6.07, 6.45) is 10.1. The maximum Gasteiger partial charge on any atom is 0.0686 e. The number of nitrogens with two attached hydrogens (primary N) is 1. The van der Waals surface area contributed by atoms with E-state index in [1.807, 2.05) is 12.1 Å². The molecule has 4 nitrogen and oxygen atoms in total. The second kappa shape index (κ2) is 6.61. The van der Waals surface area contributed by atoms with Crippen LogP contribution in [0.15, 0.2) is 18.3 Å². The van der Waals surface area contributed by atoms with E-state index >= 15 is 0 Å². The Morgan fingerprint density at radius 1 is 1.33 bits per heavy atom. The number of ether oxygens (including phenoxy) is 1. The highest BCUT2D eigenvalue weighted by Gasteiger charge is 2.41. The molecule has 2 fully saturated rings. The quantitative estimate of drug-likeness (QED) is 0.664. The third kappa shape index (κ3) is 3.39. The van der Waals surface area contributed by atoms with Crippen molar-refractivity contribution in [3.05, 3.63) is 29.0 Å². The summed E-state index contributed by atoms with van der Waals surface area (Å²) in [4.78, 5) is 4.44. The van der Waals surface area contributed by atoms with Gasteiger partial charge in [-0.2, -0.15) is 0 Å². The van der Waals surface area contributed by atoms with Crippen LogP contribution in [0.2, 0.25) is 5.02 Å². The first kappa shape index (κ1) is 15.2. The summed E-state index contributed by atoms with van der Waals surface area (Å²) < 4.78 is 6.18. The van der Waals surface area contributed by atoms with E-state index in [-0.39, 0.29) is 11.6 Å². The Hall–Kier alpha value is -0.680. The van der Waals surface area contributed by atoms with Crippen molar-refractivity contribution in [1.29, 1.82) is 0 Å². The van der Waals surface area contributed by atoms with E-state index in [2.05, 4.69) is 10.4 Å². The van der Waals surface area contributed by atoms with Gasteiger partial charge in [-0.05, 0) is 43.7 Å². The predicted octanol–water partition coefficient (Wildman–Crippen LogP) is 3.37. The van der Waals surface area contributed by atoms with Crippen LogP contribution in [-0.2, 0) is 4.74 Å². The molecule has 3 rings (SSSR count). The molecule has 0 radical (unpaired) electrons. The summed E-state index contributed by atoms with van der Waals surface area (Å²) in [6, 6.07) is 3.92. The summed E-state index contributed by atoms with van der Waals surface area (Å²) in [5.41, 5.74) is 4.03. The monoisotopic (exact) mass is 309 g/mol. The molecule has 2 unspecified atom stereocenters. The number of hydrogen-bond donors (Lipinski definition) is 2. The van der Waals surface area contributed by atoms with Crippen LogP contribution in [0.1, 0.15) is 56.7 Å². The van der Waals surface area contributed by atoms with Crippen LogP contribution in [0.3, 0.4) is 0 Å². The van der Waals surface area contributed by atoms with Crippen molar-refractivity contribution >= 4 is 11.6 Å². The van der Waals surface area contributed by atoms with E-state index in [0.717, 1.165) is 25.1 Å². The van der Waals surface area contributed by atoms with Gasteiger partial charge in [-0.1, -0.05) is 30.9 Å². The van der Waals surface area contributed by atoms with Crippen molar-refractivity contribution in [2.45, 2.75) is 56.6 Å². The molecule has 1 saturated carbocycles. The van der Waals surface area contributed by atoms with Crippen LogP contribution in [0, 0.1) is 5.92 Å². The Kier molecular flexibility index (Phi) is 4.79. The van der Waals surface area contributed by atoms with E-state index in [0.29, 0.717) is 10.9 Å². The Labute approximate surface area is 131 Å². The van der Waals surface area contributed by atoms with Crippen molar-refractivity contribution in [1.82, 2.24) is 10.4 Å². The highest BCUT2D eigenvalue weighted by Crippen LogP contribution is 2.43. The van der Waals surface area contributed by atoms with Gasteiger partial charge in [0.15, 0.2) is 0 Å². The molecule has 2 aliphatic rings. The van der Waals surface area contributed by atoms with Gasteiger partial charge in [-0.15, -0.1) is 0 Å². The topological polar surface area (TPSA) is 60.2 Å². The molecular formula is C16H24ClN3O. The first-order chi connectivity index (χ1) is 10.2. The molecule has 1 aliphatic carbocycles. The van der Waals surface area contributed by atoms with Crippen molar-refractivity contribution in [3.63, 3.8) is 0 Å². The van der Waals surface area contributed by atoms with E-state index < -0.39 is 0 Å². The highest BCUT2D eigenvalue weighted by atomic mass is 35.5. The molecule has 1 aliphatic heterocycles. The van der Waals surface area contributed by atoms with Crippen molar-refractivity contribution < 1.29 is 4.74 Å². The Morgan fingerprint density at radius 3 is 2.81 bits per heavy atom. The zero-order valence-corrected chi connectivity index (χ0v) is 13.1. The van der Waals surface area contributed by atoms with E-state index in [9.17, 15) is 0 Å². The molecule has 21 heavy (non-hydrogen) atoms. The van der Waals surface area contributed by atoms with Crippen LogP contribution in [-0.4, -0.2) is 17.2 Å². The van der Waals surface area contributed by atoms with Gasteiger partial charge in [0.2, 0.25) is 0 Å². The van der Waals surface area contributed by atoms with Gasteiger partial charge >= 0.3 is 0 Å². The van der Waals surface area contributed by atoms with Gasteiger partial charge in [-0.25, -0.2) is 0 Å². The van der Waals surface area contributed by atoms with Gasteiger partial charge < -0.3 is 4.74 Å². The van der Waals surface area contributed by atoms with Gasteiger partial charge in [-0.3, -0.25) is 16.3 Å². The molecule has 1 saturated heterocycles. The Balaban J connectivity index is 1.75. The second-order valence-corrected chi connectivity index (χ2v) is 6.83. The van der Waals surface area contributed by atoms with E-state index in [4.69, 9.17) is 22.2 Å². The first-order valence-corrected chi connectivity index (χ1v) is 8.32. The maximum atomic E-state index is 6.18. The van der Waals surface area contributed by atoms with Crippen LogP contribution >= 0.6 is 11.6 Å². The lowest BCUT2D eigenvalue weighted by atomic mass is 9.73. The number of hydrazine groups is 1. The summed E-state index contributed by atoms with van der Waals surface area (Å²) >= 11 is 5.93. The summed E-state index contributed by atoms with van der Waals surface area (Å²) in [6.45, 7) is 0.830. The SMILES string of the molecule is NNC(c1ccc(Cl)cn1)C1CCOC2(CCCCC2)C1. The fourth-order valence-corrected chi connectivity index (χ4v) is 4.04. The zero-order valence-electron chi connectivity index (χ0n) is 12.4. The number of halogens is 1. The fraction of sp³-hybridized carbons (Fsp3) is 0.688. The third-order valence-corrected chi connectivity index (χ3v) is 5.24.